The maximum atomic E-state index is 9.89. The molecule has 1 atom stereocenters. The first kappa shape index (κ1) is 9.70. The highest BCUT2D eigenvalue weighted by Gasteiger charge is 2.16. The third-order valence-electron chi connectivity index (χ3n) is 1.69. The van der Waals surface area contributed by atoms with Crippen LogP contribution in [0.5, 0.6) is 0 Å². The van der Waals surface area contributed by atoms with E-state index in [1.807, 2.05) is 5.38 Å². The van der Waals surface area contributed by atoms with Gasteiger partial charge in [0, 0.05) is 11.6 Å². The topological polar surface area (TPSA) is 58.9 Å². The van der Waals surface area contributed by atoms with Crippen LogP contribution in [-0.4, -0.2) is 19.4 Å². The summed E-state index contributed by atoms with van der Waals surface area (Å²) in [6.07, 6.45) is 2.20. The first-order valence-corrected chi connectivity index (χ1v) is 5.45. The second-order valence-electron chi connectivity index (χ2n) is 2.58. The molecule has 6 heteroatoms. The van der Waals surface area contributed by atoms with Gasteiger partial charge in [0.2, 0.25) is 0 Å². The molecule has 0 saturated carbocycles. The molecule has 0 fully saturated rings. The minimum atomic E-state index is -0.793. The van der Waals surface area contributed by atoms with Gasteiger partial charge in [-0.25, -0.2) is 9.97 Å². The fourth-order valence-electron chi connectivity index (χ4n) is 1.03. The van der Waals surface area contributed by atoms with Gasteiger partial charge < -0.3 is 5.11 Å². The lowest BCUT2D eigenvalue weighted by atomic mass is 10.2. The van der Waals surface area contributed by atoms with Crippen LogP contribution in [0, 0.1) is 0 Å². The molecule has 2 rings (SSSR count). The van der Waals surface area contributed by atoms with Gasteiger partial charge in [0.25, 0.3) is 0 Å². The number of hydrogen-bond donors (Lipinski definition) is 1. The van der Waals surface area contributed by atoms with Crippen LogP contribution in [-0.2, 0) is 0 Å². The Kier molecular flexibility index (Phi) is 2.85. The second-order valence-corrected chi connectivity index (χ2v) is 4.10. The largest absolute Gasteiger partial charge is 0.380 e. The van der Waals surface area contributed by atoms with Gasteiger partial charge in [0.15, 0.2) is 0 Å². The summed E-state index contributed by atoms with van der Waals surface area (Å²) in [6, 6.07) is 1.77. The summed E-state index contributed by atoms with van der Waals surface area (Å²) in [4.78, 5) is 7.81. The molecule has 1 N–H and O–H groups in total. The summed E-state index contributed by atoms with van der Waals surface area (Å²) < 4.78 is 4.73. The van der Waals surface area contributed by atoms with Crippen molar-refractivity contribution < 1.29 is 5.11 Å². The van der Waals surface area contributed by atoms with Crippen molar-refractivity contribution in [3.8, 4) is 0 Å². The first-order chi connectivity index (χ1) is 6.79. The zero-order valence-electron chi connectivity index (χ0n) is 6.96. The quantitative estimate of drug-likeness (QED) is 0.905. The summed E-state index contributed by atoms with van der Waals surface area (Å²) in [5.74, 6) is 0. The summed E-state index contributed by atoms with van der Waals surface area (Å²) in [7, 11) is 0. The Labute approximate surface area is 93.0 Å². The predicted octanol–water partition coefficient (Wildman–Crippen LogP) is 1.78. The van der Waals surface area contributed by atoms with Gasteiger partial charge in [-0.15, -0.1) is 0 Å². The maximum Gasteiger partial charge on any atom is 0.140 e. The Balaban J connectivity index is 2.37. The van der Waals surface area contributed by atoms with E-state index in [0.717, 1.165) is 0 Å². The number of rotatable bonds is 2. The van der Waals surface area contributed by atoms with Crippen molar-refractivity contribution in [3.05, 3.63) is 39.8 Å². The molecule has 1 unspecified atom stereocenters. The molecule has 2 heterocycles. The van der Waals surface area contributed by atoms with E-state index in [2.05, 4.69) is 30.3 Å². The van der Waals surface area contributed by atoms with E-state index in [1.54, 1.807) is 12.3 Å². The Morgan fingerprint density at radius 3 is 3.00 bits per heavy atom. The van der Waals surface area contributed by atoms with Gasteiger partial charge in [-0.05, 0) is 33.5 Å². The van der Waals surface area contributed by atoms with Crippen LogP contribution in [0.25, 0.3) is 0 Å². The van der Waals surface area contributed by atoms with Crippen molar-refractivity contribution in [2.45, 2.75) is 6.10 Å². The first-order valence-electron chi connectivity index (χ1n) is 3.83. The molecule has 72 valence electrons. The van der Waals surface area contributed by atoms with Crippen LogP contribution in [0.1, 0.15) is 17.5 Å². The van der Waals surface area contributed by atoms with Gasteiger partial charge in [-0.1, -0.05) is 0 Å². The lowest BCUT2D eigenvalue weighted by molar-refractivity contribution is 0.210. The van der Waals surface area contributed by atoms with E-state index in [9.17, 15) is 5.11 Å². The summed E-state index contributed by atoms with van der Waals surface area (Å²) in [5.41, 5.74) is 1.14. The fraction of sp³-hybridized carbons (Fsp3) is 0.125. The molecule has 0 aliphatic heterocycles. The van der Waals surface area contributed by atoms with E-state index in [4.69, 9.17) is 0 Å². The maximum absolute atomic E-state index is 9.89. The Morgan fingerprint density at radius 1 is 1.50 bits per heavy atom. The molecule has 14 heavy (non-hydrogen) atoms. The zero-order valence-corrected chi connectivity index (χ0v) is 9.36. The van der Waals surface area contributed by atoms with Crippen molar-refractivity contribution in [2.75, 3.05) is 0 Å². The summed E-state index contributed by atoms with van der Waals surface area (Å²) in [5, 5.41) is 11.7. The number of hydrogen-bond acceptors (Lipinski definition) is 5. The van der Waals surface area contributed by atoms with Crippen LogP contribution in [0.3, 0.4) is 0 Å². The molecule has 0 bridgehead atoms. The van der Waals surface area contributed by atoms with E-state index in [0.29, 0.717) is 15.9 Å². The van der Waals surface area contributed by atoms with Crippen LogP contribution in [0.15, 0.2) is 28.4 Å². The van der Waals surface area contributed by atoms with Crippen LogP contribution in [0.2, 0.25) is 0 Å². The molecular weight excluding hydrogens is 266 g/mol. The number of aliphatic hydroxyl groups excluding tert-OH is 1. The Morgan fingerprint density at radius 2 is 2.36 bits per heavy atom. The van der Waals surface area contributed by atoms with Crippen molar-refractivity contribution in [2.24, 2.45) is 0 Å². The van der Waals surface area contributed by atoms with Gasteiger partial charge in [-0.3, -0.25) is 0 Å². The van der Waals surface area contributed by atoms with E-state index in [-0.39, 0.29) is 0 Å². The average Bonchev–Trinajstić information content (AvgIpc) is 2.70. The van der Waals surface area contributed by atoms with Crippen molar-refractivity contribution in [3.63, 3.8) is 0 Å². The van der Waals surface area contributed by atoms with Gasteiger partial charge in [0.05, 0.1) is 15.9 Å². The van der Waals surface area contributed by atoms with Crippen LogP contribution < -0.4 is 0 Å². The highest BCUT2D eigenvalue weighted by Crippen LogP contribution is 2.25. The third kappa shape index (κ3) is 1.82. The molecule has 0 aliphatic rings. The molecule has 0 aromatic carbocycles. The molecule has 0 spiro atoms. The number of nitrogens with zero attached hydrogens (tertiary/aromatic N) is 3. The van der Waals surface area contributed by atoms with Gasteiger partial charge in [0.1, 0.15) is 12.4 Å². The molecule has 0 saturated heterocycles. The molecule has 2 aromatic heterocycles. The lowest BCUT2D eigenvalue weighted by Gasteiger charge is -2.07. The van der Waals surface area contributed by atoms with Crippen molar-refractivity contribution in [1.82, 2.24) is 14.3 Å². The zero-order chi connectivity index (χ0) is 9.97. The smallest absolute Gasteiger partial charge is 0.140 e. The minimum Gasteiger partial charge on any atom is -0.380 e. The number of aromatic nitrogens is 3. The SMILES string of the molecule is OC(c1ccsn1)c1ncncc1Br. The standard InChI is InChI=1S/C8H6BrN3OS/c9-5-3-10-4-11-7(5)8(13)6-1-2-14-12-6/h1-4,8,13H. The molecule has 4 nitrogen and oxygen atoms in total. The Bertz CT molecular complexity index is 420. The van der Waals surface area contributed by atoms with Crippen LogP contribution >= 0.6 is 27.5 Å². The van der Waals surface area contributed by atoms with Gasteiger partial charge >= 0.3 is 0 Å². The fourth-order valence-corrected chi connectivity index (χ4v) is 2.01. The molecule has 0 amide bonds. The van der Waals surface area contributed by atoms with Gasteiger partial charge in [-0.2, -0.15) is 4.37 Å². The predicted molar refractivity (Wildman–Crippen MR) is 55.9 cm³/mol. The monoisotopic (exact) mass is 271 g/mol. The molecule has 0 radical (unpaired) electrons. The third-order valence-corrected chi connectivity index (χ3v) is 2.88. The van der Waals surface area contributed by atoms with Crippen LogP contribution in [0.4, 0.5) is 0 Å². The normalized spacial score (nSPS) is 12.7. The average molecular weight is 272 g/mol. The molecule has 0 aliphatic carbocycles. The number of aliphatic hydroxyl groups is 1. The highest BCUT2D eigenvalue weighted by atomic mass is 79.9. The lowest BCUT2D eigenvalue weighted by Crippen LogP contribution is -2.03. The summed E-state index contributed by atoms with van der Waals surface area (Å²) >= 11 is 4.57. The molecule has 2 aromatic rings. The van der Waals surface area contributed by atoms with Crippen molar-refractivity contribution >= 4 is 27.5 Å². The summed E-state index contributed by atoms with van der Waals surface area (Å²) in [6.45, 7) is 0. The minimum absolute atomic E-state index is 0.533. The molecular formula is C8H6BrN3OS. The number of halogens is 1. The van der Waals surface area contributed by atoms with E-state index in [1.165, 1.54) is 17.9 Å². The van der Waals surface area contributed by atoms with E-state index >= 15 is 0 Å². The Hall–Kier alpha value is -0.850. The highest BCUT2D eigenvalue weighted by molar-refractivity contribution is 9.10. The second kappa shape index (κ2) is 4.12. The van der Waals surface area contributed by atoms with E-state index < -0.39 is 6.10 Å². The van der Waals surface area contributed by atoms with Crippen molar-refractivity contribution in [1.29, 1.82) is 0 Å².